The lowest BCUT2D eigenvalue weighted by molar-refractivity contribution is -0.117. The molecule has 2 N–H and O–H groups in total. The lowest BCUT2D eigenvalue weighted by atomic mass is 10.2. The molecule has 0 unspecified atom stereocenters. The Kier molecular flexibility index (Phi) is 4.81. The summed E-state index contributed by atoms with van der Waals surface area (Å²) in [7, 11) is -3.72. The first kappa shape index (κ1) is 17.5. The van der Waals surface area contributed by atoms with Gasteiger partial charge in [0.15, 0.2) is 0 Å². The van der Waals surface area contributed by atoms with E-state index >= 15 is 0 Å². The van der Waals surface area contributed by atoms with Gasteiger partial charge in [-0.15, -0.1) is 0 Å². The van der Waals surface area contributed by atoms with E-state index in [1.165, 1.54) is 24.3 Å². The Balaban J connectivity index is 2.35. The van der Waals surface area contributed by atoms with Gasteiger partial charge in [0, 0.05) is 6.07 Å². The Morgan fingerprint density at radius 3 is 2.22 bits per heavy atom. The highest BCUT2D eigenvalue weighted by atomic mass is 79.9. The first-order valence-corrected chi connectivity index (χ1v) is 9.03. The second kappa shape index (κ2) is 6.33. The van der Waals surface area contributed by atoms with E-state index in [0.29, 0.717) is 0 Å². The number of benzene rings is 2. The highest BCUT2D eigenvalue weighted by Crippen LogP contribution is 2.30. The fourth-order valence-corrected chi connectivity index (χ4v) is 3.19. The number of rotatable bonds is 4. The van der Waals surface area contributed by atoms with Crippen LogP contribution in [0.2, 0.25) is 0 Å². The summed E-state index contributed by atoms with van der Waals surface area (Å²) in [6.07, 6.45) is 0. The molecule has 2 rings (SSSR count). The minimum atomic E-state index is -3.72. The number of hydrogen-bond donors (Lipinski definition) is 2. The van der Waals surface area contributed by atoms with Gasteiger partial charge in [0.2, 0.25) is 15.7 Å². The van der Waals surface area contributed by atoms with E-state index < -0.39 is 14.2 Å². The minimum Gasteiger partial charge on any atom is -0.506 e. The molecule has 0 aliphatic rings. The number of amides is 1. The van der Waals surface area contributed by atoms with E-state index in [2.05, 4.69) is 21.2 Å². The molecule has 0 heterocycles. The lowest BCUT2D eigenvalue weighted by Gasteiger charge is -2.16. The molecule has 0 atom stereocenters. The summed E-state index contributed by atoms with van der Waals surface area (Å²) in [6.45, 7) is 3.32. The third kappa shape index (κ3) is 3.92. The fraction of sp³-hybridized carbons (Fsp3) is 0.188. The number of nitrogens with one attached hydrogen (secondary N) is 1. The number of carbonyl (C=O) groups is 1. The van der Waals surface area contributed by atoms with Crippen molar-refractivity contribution in [2.24, 2.45) is 0 Å². The van der Waals surface area contributed by atoms with Crippen LogP contribution in [-0.2, 0) is 14.6 Å². The number of alkyl halides is 1. The van der Waals surface area contributed by atoms with Gasteiger partial charge in [-0.25, -0.2) is 8.42 Å². The van der Waals surface area contributed by atoms with Crippen LogP contribution in [0.5, 0.6) is 5.75 Å². The monoisotopic (exact) mass is 397 g/mol. The van der Waals surface area contributed by atoms with Crippen molar-refractivity contribution in [3.63, 3.8) is 0 Å². The molecule has 2 aromatic carbocycles. The zero-order valence-electron chi connectivity index (χ0n) is 12.6. The van der Waals surface area contributed by atoms with Crippen LogP contribution in [0.4, 0.5) is 5.69 Å². The standard InChI is InChI=1S/C16H16BrNO4S/c1-16(2,17)15(20)18-13-9-8-12(10-14(13)19)23(21,22)11-6-4-3-5-7-11/h3-10,19H,1-2H3,(H,18,20). The summed E-state index contributed by atoms with van der Waals surface area (Å²) in [6, 6.07) is 11.8. The first-order chi connectivity index (χ1) is 10.6. The Bertz CT molecular complexity index is 827. The largest absolute Gasteiger partial charge is 0.506 e. The molecule has 122 valence electrons. The highest BCUT2D eigenvalue weighted by molar-refractivity contribution is 9.10. The molecule has 0 saturated carbocycles. The SMILES string of the molecule is CC(C)(Br)C(=O)Nc1ccc(S(=O)(=O)c2ccccc2)cc1O. The van der Waals surface area contributed by atoms with Gasteiger partial charge in [-0.2, -0.15) is 0 Å². The van der Waals surface area contributed by atoms with Crippen molar-refractivity contribution in [3.05, 3.63) is 48.5 Å². The van der Waals surface area contributed by atoms with Gasteiger partial charge in [-0.05, 0) is 38.1 Å². The Hall–Kier alpha value is -1.86. The van der Waals surface area contributed by atoms with Crippen molar-refractivity contribution in [2.45, 2.75) is 28.0 Å². The maximum Gasteiger partial charge on any atom is 0.240 e. The Labute approximate surface area is 143 Å². The van der Waals surface area contributed by atoms with E-state index in [-0.39, 0.29) is 27.1 Å². The molecule has 2 aromatic rings. The molecule has 0 radical (unpaired) electrons. The van der Waals surface area contributed by atoms with Crippen LogP contribution in [0, 0.1) is 0 Å². The zero-order chi connectivity index (χ0) is 17.3. The summed E-state index contributed by atoms with van der Waals surface area (Å²) < 4.78 is 24.1. The van der Waals surface area contributed by atoms with Crippen LogP contribution in [0.1, 0.15) is 13.8 Å². The van der Waals surface area contributed by atoms with Gasteiger partial charge in [-0.3, -0.25) is 4.79 Å². The zero-order valence-corrected chi connectivity index (χ0v) is 15.0. The van der Waals surface area contributed by atoms with E-state index in [0.717, 1.165) is 6.07 Å². The first-order valence-electron chi connectivity index (χ1n) is 6.76. The third-order valence-electron chi connectivity index (χ3n) is 3.12. The molecule has 5 nitrogen and oxygen atoms in total. The van der Waals surface area contributed by atoms with Gasteiger partial charge in [0.1, 0.15) is 5.75 Å². The van der Waals surface area contributed by atoms with Crippen molar-refractivity contribution in [2.75, 3.05) is 5.32 Å². The van der Waals surface area contributed by atoms with Crippen molar-refractivity contribution < 1.29 is 18.3 Å². The van der Waals surface area contributed by atoms with E-state index in [1.54, 1.807) is 32.0 Å². The number of sulfone groups is 1. The molecular formula is C16H16BrNO4S. The summed E-state index contributed by atoms with van der Waals surface area (Å²) in [5.74, 6) is -0.668. The summed E-state index contributed by atoms with van der Waals surface area (Å²) in [5, 5.41) is 12.6. The van der Waals surface area contributed by atoms with E-state index in [9.17, 15) is 18.3 Å². The van der Waals surface area contributed by atoms with Crippen LogP contribution in [0.25, 0.3) is 0 Å². The van der Waals surface area contributed by atoms with Crippen LogP contribution >= 0.6 is 15.9 Å². The van der Waals surface area contributed by atoms with Crippen molar-refractivity contribution in [1.29, 1.82) is 0 Å². The third-order valence-corrected chi connectivity index (χ3v) is 5.25. The Morgan fingerprint density at radius 2 is 1.70 bits per heavy atom. The highest BCUT2D eigenvalue weighted by Gasteiger charge is 2.25. The molecule has 0 saturated heterocycles. The predicted octanol–water partition coefficient (Wildman–Crippen LogP) is 3.34. The van der Waals surface area contributed by atoms with Crippen molar-refractivity contribution in [3.8, 4) is 5.75 Å². The predicted molar refractivity (Wildman–Crippen MR) is 91.6 cm³/mol. The molecule has 0 bridgehead atoms. The minimum absolute atomic E-state index is 0.0442. The van der Waals surface area contributed by atoms with Gasteiger partial charge in [0.25, 0.3) is 0 Å². The van der Waals surface area contributed by atoms with Gasteiger partial charge >= 0.3 is 0 Å². The van der Waals surface area contributed by atoms with E-state index in [4.69, 9.17) is 0 Å². The summed E-state index contributed by atoms with van der Waals surface area (Å²) in [4.78, 5) is 12.0. The summed E-state index contributed by atoms with van der Waals surface area (Å²) >= 11 is 3.21. The number of hydrogen-bond acceptors (Lipinski definition) is 4. The normalized spacial score (nSPS) is 12.0. The average molecular weight is 398 g/mol. The number of carbonyl (C=O) groups excluding carboxylic acids is 1. The smallest absolute Gasteiger partial charge is 0.240 e. The van der Waals surface area contributed by atoms with Crippen LogP contribution in [0.15, 0.2) is 58.3 Å². The van der Waals surface area contributed by atoms with Crippen LogP contribution < -0.4 is 5.32 Å². The molecule has 23 heavy (non-hydrogen) atoms. The molecule has 0 spiro atoms. The molecule has 0 aliphatic heterocycles. The molecule has 0 fully saturated rings. The Morgan fingerprint density at radius 1 is 1.09 bits per heavy atom. The maximum atomic E-state index is 12.5. The molecule has 7 heteroatoms. The number of phenols is 1. The molecule has 1 amide bonds. The van der Waals surface area contributed by atoms with Crippen molar-refractivity contribution >= 4 is 37.4 Å². The molecular weight excluding hydrogens is 382 g/mol. The molecule has 0 aromatic heterocycles. The van der Waals surface area contributed by atoms with E-state index in [1.807, 2.05) is 0 Å². The van der Waals surface area contributed by atoms with Crippen LogP contribution in [0.3, 0.4) is 0 Å². The van der Waals surface area contributed by atoms with Gasteiger partial charge < -0.3 is 10.4 Å². The topological polar surface area (TPSA) is 83.5 Å². The number of anilines is 1. The average Bonchev–Trinajstić information content (AvgIpc) is 2.49. The number of aromatic hydroxyl groups is 1. The second-order valence-corrected chi connectivity index (χ2v) is 9.35. The fourth-order valence-electron chi connectivity index (χ4n) is 1.79. The quantitative estimate of drug-likeness (QED) is 0.611. The number of halogens is 1. The lowest BCUT2D eigenvalue weighted by Crippen LogP contribution is -2.30. The summed E-state index contributed by atoms with van der Waals surface area (Å²) in [5.41, 5.74) is 0.148. The van der Waals surface area contributed by atoms with Crippen LogP contribution in [-0.4, -0.2) is 23.8 Å². The van der Waals surface area contributed by atoms with Gasteiger partial charge in [0.05, 0.1) is 19.8 Å². The second-order valence-electron chi connectivity index (χ2n) is 5.42. The molecule has 0 aliphatic carbocycles. The number of phenolic OH excluding ortho intramolecular Hbond substituents is 1. The maximum absolute atomic E-state index is 12.5. The van der Waals surface area contributed by atoms with Crippen molar-refractivity contribution in [1.82, 2.24) is 0 Å². The van der Waals surface area contributed by atoms with Gasteiger partial charge in [-0.1, -0.05) is 34.1 Å².